The van der Waals surface area contributed by atoms with Crippen LogP contribution in [0.25, 0.3) is 11.8 Å². The first-order valence-electron chi connectivity index (χ1n) is 10.6. The molecule has 0 atom stereocenters. The van der Waals surface area contributed by atoms with Gasteiger partial charge >= 0.3 is 5.97 Å². The highest BCUT2D eigenvalue weighted by atomic mass is 19.1. The second-order valence-corrected chi connectivity index (χ2v) is 7.62. The fourth-order valence-corrected chi connectivity index (χ4v) is 3.47. The minimum absolute atomic E-state index is 0.0205. The largest absolute Gasteiger partial charge is 0.422 e. The maximum Gasteiger partial charge on any atom is 0.346 e. The summed E-state index contributed by atoms with van der Waals surface area (Å²) in [5, 5.41) is 0. The Hall–Kier alpha value is -4.46. The molecule has 0 saturated heterocycles. The summed E-state index contributed by atoms with van der Waals surface area (Å²) < 4.78 is 49.7. The molecule has 0 amide bonds. The highest BCUT2D eigenvalue weighted by Crippen LogP contribution is 2.26. The number of hydrogen-bond donors (Lipinski definition) is 0. The number of benzene rings is 3. The van der Waals surface area contributed by atoms with E-state index in [0.717, 1.165) is 22.8 Å². The number of aromatic nitrogens is 2. The molecule has 176 valence electrons. The van der Waals surface area contributed by atoms with Gasteiger partial charge in [0.05, 0.1) is 22.4 Å². The van der Waals surface area contributed by atoms with Gasteiger partial charge in [-0.05, 0) is 50.2 Å². The Labute approximate surface area is 199 Å². The van der Waals surface area contributed by atoms with Crippen LogP contribution in [-0.2, 0) is 4.74 Å². The van der Waals surface area contributed by atoms with Gasteiger partial charge in [0.1, 0.15) is 29.0 Å². The van der Waals surface area contributed by atoms with Crippen LogP contribution in [0.15, 0.2) is 72.8 Å². The Kier molecular flexibility index (Phi) is 6.64. The van der Waals surface area contributed by atoms with E-state index in [2.05, 4.69) is 4.98 Å². The second-order valence-electron chi connectivity index (χ2n) is 7.62. The number of ether oxygens (including phenoxy) is 1. The van der Waals surface area contributed by atoms with Crippen LogP contribution in [-0.4, -0.2) is 21.4 Å². The minimum Gasteiger partial charge on any atom is -0.422 e. The zero-order chi connectivity index (χ0) is 25.1. The third-order valence-electron chi connectivity index (χ3n) is 5.37. The number of halogens is 3. The maximum absolute atomic E-state index is 14.7. The molecule has 0 bridgehead atoms. The summed E-state index contributed by atoms with van der Waals surface area (Å²) in [7, 11) is 0. The summed E-state index contributed by atoms with van der Waals surface area (Å²) in [6.07, 6.45) is 1.19. The van der Waals surface area contributed by atoms with Crippen molar-refractivity contribution >= 4 is 23.7 Å². The first-order chi connectivity index (χ1) is 16.8. The summed E-state index contributed by atoms with van der Waals surface area (Å²) in [5.74, 6) is -4.35. The number of imidazole rings is 1. The summed E-state index contributed by atoms with van der Waals surface area (Å²) in [5.41, 5.74) is 0.207. The molecule has 4 aromatic rings. The Balaban J connectivity index is 1.86. The third-order valence-corrected chi connectivity index (χ3v) is 5.37. The molecular weight excluding hydrogens is 457 g/mol. The molecule has 1 heterocycles. The molecule has 0 aliphatic rings. The lowest BCUT2D eigenvalue weighted by Crippen LogP contribution is -2.17. The second kappa shape index (κ2) is 9.80. The number of hydrogen-bond acceptors (Lipinski definition) is 4. The number of aryl methyl sites for hydroxylation is 1. The van der Waals surface area contributed by atoms with Crippen LogP contribution in [0, 0.1) is 31.3 Å². The molecule has 0 aliphatic heterocycles. The van der Waals surface area contributed by atoms with Crippen molar-refractivity contribution in [2.24, 2.45) is 0 Å². The standard InChI is InChI=1S/C27H19F3N2O3/c1-16-17(2)32(26(33)19-10-4-7-13-22(19)29)25(31-16)15-24(18-9-3-6-12-21(18)28)35-27(34)20-11-5-8-14-23(20)30/h3-15H,1-2H3/b24-15-. The van der Waals surface area contributed by atoms with Crippen LogP contribution in [0.3, 0.4) is 0 Å². The van der Waals surface area contributed by atoms with Crippen molar-refractivity contribution in [3.8, 4) is 0 Å². The quantitative estimate of drug-likeness (QED) is 0.263. The van der Waals surface area contributed by atoms with Gasteiger partial charge < -0.3 is 4.74 Å². The fourth-order valence-electron chi connectivity index (χ4n) is 3.47. The van der Waals surface area contributed by atoms with Crippen LogP contribution in [0.4, 0.5) is 13.2 Å². The van der Waals surface area contributed by atoms with Crippen molar-refractivity contribution in [2.45, 2.75) is 13.8 Å². The molecule has 0 N–H and O–H groups in total. The van der Waals surface area contributed by atoms with Gasteiger partial charge in [-0.1, -0.05) is 36.4 Å². The molecule has 35 heavy (non-hydrogen) atoms. The van der Waals surface area contributed by atoms with E-state index in [1.54, 1.807) is 13.8 Å². The van der Waals surface area contributed by atoms with Gasteiger partial charge in [-0.15, -0.1) is 0 Å². The van der Waals surface area contributed by atoms with E-state index in [0.29, 0.717) is 11.4 Å². The number of rotatable bonds is 5. The fraction of sp³-hybridized carbons (Fsp3) is 0.0741. The number of esters is 1. The average molecular weight is 476 g/mol. The number of nitrogens with zero attached hydrogens (tertiary/aromatic N) is 2. The predicted octanol–water partition coefficient (Wildman–Crippen LogP) is 5.96. The summed E-state index contributed by atoms with van der Waals surface area (Å²) in [6, 6.07) is 16.2. The Bertz CT molecular complexity index is 1470. The lowest BCUT2D eigenvalue weighted by Gasteiger charge is -2.12. The molecular formula is C27H19F3N2O3. The van der Waals surface area contributed by atoms with Gasteiger partial charge in [-0.2, -0.15) is 0 Å². The molecule has 3 aromatic carbocycles. The molecule has 1 aromatic heterocycles. The molecule has 0 aliphatic carbocycles. The monoisotopic (exact) mass is 476 g/mol. The Morgan fingerprint density at radius 3 is 1.80 bits per heavy atom. The van der Waals surface area contributed by atoms with Gasteiger partial charge in [0.2, 0.25) is 0 Å². The predicted molar refractivity (Wildman–Crippen MR) is 124 cm³/mol. The van der Waals surface area contributed by atoms with Crippen molar-refractivity contribution in [3.63, 3.8) is 0 Å². The highest BCUT2D eigenvalue weighted by molar-refractivity contribution is 5.99. The highest BCUT2D eigenvalue weighted by Gasteiger charge is 2.23. The Morgan fingerprint density at radius 1 is 0.771 bits per heavy atom. The number of carbonyl (C=O) groups is 2. The van der Waals surface area contributed by atoms with Crippen LogP contribution in [0.5, 0.6) is 0 Å². The van der Waals surface area contributed by atoms with E-state index in [-0.39, 0.29) is 28.3 Å². The van der Waals surface area contributed by atoms with Gasteiger partial charge in [0.25, 0.3) is 5.91 Å². The van der Waals surface area contributed by atoms with Crippen molar-refractivity contribution in [2.75, 3.05) is 0 Å². The zero-order valence-corrected chi connectivity index (χ0v) is 18.8. The summed E-state index contributed by atoms with van der Waals surface area (Å²) in [6.45, 7) is 3.26. The van der Waals surface area contributed by atoms with E-state index in [4.69, 9.17) is 4.74 Å². The SMILES string of the molecule is Cc1nc(/C=C(\OC(=O)c2ccccc2F)c2ccccc2F)n(C(=O)c2ccccc2F)c1C. The molecule has 5 nitrogen and oxygen atoms in total. The van der Waals surface area contributed by atoms with E-state index in [1.807, 2.05) is 0 Å². The van der Waals surface area contributed by atoms with Gasteiger partial charge in [0.15, 0.2) is 0 Å². The van der Waals surface area contributed by atoms with E-state index in [9.17, 15) is 22.8 Å². The maximum atomic E-state index is 14.7. The van der Waals surface area contributed by atoms with Crippen molar-refractivity contribution < 1.29 is 27.5 Å². The van der Waals surface area contributed by atoms with Crippen LogP contribution < -0.4 is 0 Å². The van der Waals surface area contributed by atoms with Crippen molar-refractivity contribution in [3.05, 3.63) is 124 Å². The lowest BCUT2D eigenvalue weighted by molar-refractivity contribution is 0.0688. The van der Waals surface area contributed by atoms with Gasteiger partial charge in [0, 0.05) is 11.8 Å². The first-order valence-corrected chi connectivity index (χ1v) is 10.6. The van der Waals surface area contributed by atoms with Gasteiger partial charge in [-0.25, -0.2) is 22.9 Å². The van der Waals surface area contributed by atoms with Crippen LogP contribution >= 0.6 is 0 Å². The molecule has 8 heteroatoms. The van der Waals surface area contributed by atoms with E-state index < -0.39 is 29.3 Å². The molecule has 0 radical (unpaired) electrons. The summed E-state index contributed by atoms with van der Waals surface area (Å²) >= 11 is 0. The molecule has 0 fully saturated rings. The van der Waals surface area contributed by atoms with Crippen LogP contribution in [0.2, 0.25) is 0 Å². The van der Waals surface area contributed by atoms with E-state index in [1.165, 1.54) is 60.7 Å². The van der Waals surface area contributed by atoms with E-state index >= 15 is 0 Å². The van der Waals surface area contributed by atoms with Crippen molar-refractivity contribution in [1.82, 2.24) is 9.55 Å². The zero-order valence-electron chi connectivity index (χ0n) is 18.8. The summed E-state index contributed by atoms with van der Waals surface area (Å²) in [4.78, 5) is 30.3. The Morgan fingerprint density at radius 2 is 1.26 bits per heavy atom. The lowest BCUT2D eigenvalue weighted by atomic mass is 10.1. The molecule has 4 rings (SSSR count). The number of carbonyl (C=O) groups excluding carboxylic acids is 2. The molecule has 0 saturated carbocycles. The average Bonchev–Trinajstić information content (AvgIpc) is 3.11. The van der Waals surface area contributed by atoms with Crippen LogP contribution in [0.1, 0.15) is 43.5 Å². The molecule has 0 spiro atoms. The van der Waals surface area contributed by atoms with Crippen molar-refractivity contribution in [1.29, 1.82) is 0 Å². The third kappa shape index (κ3) is 4.77. The first kappa shape index (κ1) is 23.7. The van der Waals surface area contributed by atoms with Gasteiger partial charge in [-0.3, -0.25) is 9.36 Å². The smallest absolute Gasteiger partial charge is 0.346 e. The normalized spacial score (nSPS) is 11.4. The molecule has 0 unspecified atom stereocenters. The topological polar surface area (TPSA) is 61.2 Å². The minimum atomic E-state index is -1.07.